The van der Waals surface area contributed by atoms with Crippen LogP contribution in [-0.2, 0) is 20.8 Å². The molecule has 0 amide bonds. The number of allylic oxidation sites excluding steroid dienone is 2. The van der Waals surface area contributed by atoms with Gasteiger partial charge in [0.2, 0.25) is 0 Å². The predicted octanol–water partition coefficient (Wildman–Crippen LogP) is 2.99. The smallest absolute Gasteiger partial charge is 0.138 e. The lowest BCUT2D eigenvalue weighted by Gasteiger charge is -2.34. The lowest BCUT2D eigenvalue weighted by molar-refractivity contribution is -0.0185. The number of aliphatic hydroxyl groups excluding tert-OH is 1. The number of aliphatic hydroxyl groups is 1. The van der Waals surface area contributed by atoms with Gasteiger partial charge < -0.3 is 24.3 Å². The summed E-state index contributed by atoms with van der Waals surface area (Å²) in [5.41, 5.74) is 5.12. The first-order valence-electron chi connectivity index (χ1n) is 11.6. The van der Waals surface area contributed by atoms with Crippen LogP contribution in [0.4, 0.5) is 0 Å². The summed E-state index contributed by atoms with van der Waals surface area (Å²) >= 11 is 0. The van der Waals surface area contributed by atoms with Crippen LogP contribution in [0.15, 0.2) is 30.2 Å². The Kier molecular flexibility index (Phi) is 6.52. The number of fused-ring (bicyclic) bond motifs is 3. The van der Waals surface area contributed by atoms with E-state index in [1.165, 1.54) is 18.4 Å². The van der Waals surface area contributed by atoms with Crippen LogP contribution in [0.1, 0.15) is 42.5 Å². The molecule has 3 atom stereocenters. The highest BCUT2D eigenvalue weighted by atomic mass is 16.5. The summed E-state index contributed by atoms with van der Waals surface area (Å²) in [6, 6.07) is 3.04. The summed E-state index contributed by atoms with van der Waals surface area (Å²) in [5, 5.41) is 10.1. The number of morpholine rings is 1. The second-order valence-corrected chi connectivity index (χ2v) is 8.84. The minimum Gasteiger partial charge on any atom is -0.498 e. The summed E-state index contributed by atoms with van der Waals surface area (Å²) < 4.78 is 17.0. The molecule has 5 rings (SSSR count). The average molecular weight is 450 g/mol. The third-order valence-electron chi connectivity index (χ3n) is 6.94. The van der Waals surface area contributed by atoms with Gasteiger partial charge in [0.05, 0.1) is 32.6 Å². The summed E-state index contributed by atoms with van der Waals surface area (Å²) in [6.45, 7) is 2.50. The Labute approximate surface area is 194 Å². The molecule has 2 fully saturated rings. The van der Waals surface area contributed by atoms with E-state index < -0.39 is 0 Å². The molecule has 2 bridgehead atoms. The molecule has 3 unspecified atom stereocenters. The van der Waals surface area contributed by atoms with Crippen LogP contribution in [0.25, 0.3) is 16.6 Å². The Balaban J connectivity index is 1.58. The third kappa shape index (κ3) is 4.32. The van der Waals surface area contributed by atoms with E-state index in [0.717, 1.165) is 59.8 Å². The largest absolute Gasteiger partial charge is 0.498 e. The number of pyridine rings is 1. The van der Waals surface area contributed by atoms with Gasteiger partial charge in [-0.15, -0.1) is 0 Å². The molecule has 2 aliphatic heterocycles. The van der Waals surface area contributed by atoms with Crippen LogP contribution in [-0.4, -0.2) is 72.2 Å². The molecule has 7 nitrogen and oxygen atoms in total. The molecule has 4 heterocycles. The molecule has 174 valence electrons. The molecule has 2 saturated heterocycles. The Bertz CT molecular complexity index is 1120. The number of ether oxygens (including phenoxy) is 3. The van der Waals surface area contributed by atoms with E-state index in [1.807, 2.05) is 0 Å². The molecule has 2 aromatic rings. The van der Waals surface area contributed by atoms with Crippen molar-refractivity contribution >= 4 is 16.6 Å². The van der Waals surface area contributed by atoms with Gasteiger partial charge in [-0.3, -0.25) is 4.90 Å². The molecule has 2 N–H and O–H groups in total. The van der Waals surface area contributed by atoms with E-state index in [4.69, 9.17) is 19.3 Å². The summed E-state index contributed by atoms with van der Waals surface area (Å²) in [4.78, 5) is 10.9. The van der Waals surface area contributed by atoms with Crippen LogP contribution >= 0.6 is 0 Å². The maximum Gasteiger partial charge on any atom is 0.138 e. The number of nitrogens with zero attached hydrogens (tertiary/aromatic N) is 2. The Morgan fingerprint density at radius 3 is 2.82 bits per heavy atom. The fourth-order valence-electron chi connectivity index (χ4n) is 5.21. The van der Waals surface area contributed by atoms with Crippen LogP contribution in [0.5, 0.6) is 0 Å². The van der Waals surface area contributed by atoms with Gasteiger partial charge in [-0.25, -0.2) is 4.98 Å². The number of hydrogen-bond acceptors (Lipinski definition) is 6. The molecule has 0 saturated carbocycles. The Morgan fingerprint density at radius 1 is 1.27 bits per heavy atom. The molecule has 33 heavy (non-hydrogen) atoms. The fraction of sp³-hybridized carbons (Fsp3) is 0.500. The van der Waals surface area contributed by atoms with Crippen molar-refractivity contribution in [2.45, 2.75) is 50.4 Å². The molecular weight excluding hydrogens is 418 g/mol. The highest BCUT2D eigenvalue weighted by Crippen LogP contribution is 2.37. The molecular formula is C26H31N3O4. The quantitative estimate of drug-likeness (QED) is 0.660. The van der Waals surface area contributed by atoms with Gasteiger partial charge in [0.1, 0.15) is 17.5 Å². The molecule has 2 aromatic heterocycles. The monoisotopic (exact) mass is 449 g/mol. The second kappa shape index (κ2) is 9.70. The van der Waals surface area contributed by atoms with E-state index in [-0.39, 0.29) is 12.7 Å². The van der Waals surface area contributed by atoms with E-state index in [2.05, 4.69) is 44.9 Å². The zero-order valence-corrected chi connectivity index (χ0v) is 19.3. The SMILES string of the molecule is COC1=CC(c2[nH]c3ncc(C#CCCO)cc3c2CN2C3CCC2COC3)=CCC1OC. The van der Waals surface area contributed by atoms with Crippen molar-refractivity contribution in [2.24, 2.45) is 0 Å². The van der Waals surface area contributed by atoms with Gasteiger partial charge in [-0.05, 0) is 37.0 Å². The van der Waals surface area contributed by atoms with E-state index in [0.29, 0.717) is 18.5 Å². The first kappa shape index (κ1) is 22.2. The number of aromatic nitrogens is 2. The highest BCUT2D eigenvalue weighted by Gasteiger charge is 2.38. The average Bonchev–Trinajstić information content (AvgIpc) is 3.30. The van der Waals surface area contributed by atoms with E-state index in [1.54, 1.807) is 20.4 Å². The lowest BCUT2D eigenvalue weighted by atomic mass is 9.97. The summed E-state index contributed by atoms with van der Waals surface area (Å²) in [5.74, 6) is 6.97. The summed E-state index contributed by atoms with van der Waals surface area (Å²) in [6.07, 6.45) is 9.60. The van der Waals surface area contributed by atoms with Crippen molar-refractivity contribution < 1.29 is 19.3 Å². The van der Waals surface area contributed by atoms with Gasteiger partial charge in [-0.1, -0.05) is 17.9 Å². The van der Waals surface area contributed by atoms with Gasteiger partial charge in [-0.2, -0.15) is 0 Å². The van der Waals surface area contributed by atoms with Gasteiger partial charge in [0, 0.05) is 54.9 Å². The maximum absolute atomic E-state index is 9.05. The van der Waals surface area contributed by atoms with Crippen molar-refractivity contribution in [1.29, 1.82) is 0 Å². The second-order valence-electron chi connectivity index (χ2n) is 8.84. The number of nitrogens with one attached hydrogen (secondary N) is 1. The molecule has 7 heteroatoms. The zero-order chi connectivity index (χ0) is 22.8. The maximum atomic E-state index is 9.05. The van der Waals surface area contributed by atoms with Gasteiger partial charge >= 0.3 is 0 Å². The standard InChI is InChI=1S/C26H31N3O4/c1-31-23-9-6-18(12-24(23)32-2)25-22(14-29-19-7-8-20(29)16-33-15-19)21-11-17(5-3-4-10-30)13-27-26(21)28-25/h6,11-13,19-20,23,30H,4,7-10,14-16H2,1-2H3,(H,27,28). The van der Waals surface area contributed by atoms with Crippen LogP contribution in [0, 0.1) is 11.8 Å². The number of H-pyrrole nitrogens is 1. The summed E-state index contributed by atoms with van der Waals surface area (Å²) in [7, 11) is 3.40. The number of methoxy groups -OCH3 is 2. The van der Waals surface area contributed by atoms with Crippen LogP contribution in [0.3, 0.4) is 0 Å². The normalized spacial score (nSPS) is 24.9. The van der Waals surface area contributed by atoms with Crippen molar-refractivity contribution in [3.05, 3.63) is 47.0 Å². The van der Waals surface area contributed by atoms with Crippen LogP contribution in [0.2, 0.25) is 0 Å². The predicted molar refractivity (Wildman–Crippen MR) is 126 cm³/mol. The van der Waals surface area contributed by atoms with Crippen molar-refractivity contribution in [3.63, 3.8) is 0 Å². The molecule has 0 spiro atoms. The van der Waals surface area contributed by atoms with E-state index >= 15 is 0 Å². The van der Waals surface area contributed by atoms with Gasteiger partial charge in [0.15, 0.2) is 0 Å². The van der Waals surface area contributed by atoms with Crippen LogP contribution < -0.4 is 0 Å². The molecule has 1 aliphatic carbocycles. The minimum absolute atomic E-state index is 0.0619. The first-order valence-corrected chi connectivity index (χ1v) is 11.6. The van der Waals surface area contributed by atoms with Gasteiger partial charge in [0.25, 0.3) is 0 Å². The number of aromatic amines is 1. The Hall–Kier alpha value is -2.63. The Morgan fingerprint density at radius 2 is 2.09 bits per heavy atom. The van der Waals surface area contributed by atoms with Crippen molar-refractivity contribution in [3.8, 4) is 11.8 Å². The topological polar surface area (TPSA) is 79.8 Å². The number of hydrogen-bond donors (Lipinski definition) is 2. The molecule has 0 radical (unpaired) electrons. The number of rotatable bonds is 6. The highest BCUT2D eigenvalue weighted by molar-refractivity contribution is 5.90. The first-order chi connectivity index (χ1) is 16.2. The van der Waals surface area contributed by atoms with Crippen molar-refractivity contribution in [2.75, 3.05) is 34.0 Å². The van der Waals surface area contributed by atoms with Crippen molar-refractivity contribution in [1.82, 2.24) is 14.9 Å². The lowest BCUT2D eigenvalue weighted by Crippen LogP contribution is -2.45. The zero-order valence-electron chi connectivity index (χ0n) is 19.3. The third-order valence-corrected chi connectivity index (χ3v) is 6.94. The minimum atomic E-state index is -0.0619. The van der Waals surface area contributed by atoms with E-state index in [9.17, 15) is 0 Å². The fourth-order valence-corrected chi connectivity index (χ4v) is 5.21. The molecule has 3 aliphatic rings. The molecule has 0 aromatic carbocycles.